The Hall–Kier alpha value is -3.39. The molecule has 34 heavy (non-hydrogen) atoms. The number of hydrogen-bond acceptors (Lipinski definition) is 6. The van der Waals surface area contributed by atoms with Crippen LogP contribution in [0.15, 0.2) is 53.1 Å². The lowest BCUT2D eigenvalue weighted by Crippen LogP contribution is -2.46. The zero-order chi connectivity index (χ0) is 24.1. The van der Waals surface area contributed by atoms with Crippen LogP contribution in [0.25, 0.3) is 11.4 Å². The van der Waals surface area contributed by atoms with Crippen LogP contribution in [0.1, 0.15) is 48.5 Å². The SMILES string of the molecule is CCN(CC(=O)N1CCCCC1c1nc(-c2cccc(Cl)c2)no1)C(=O)c1ccc(OC)cc1. The average Bonchev–Trinajstić information content (AvgIpc) is 3.37. The second-order valence-electron chi connectivity index (χ2n) is 8.11. The maximum atomic E-state index is 13.3. The van der Waals surface area contributed by atoms with E-state index in [-0.39, 0.29) is 24.4 Å². The van der Waals surface area contributed by atoms with Crippen molar-refractivity contribution in [3.63, 3.8) is 0 Å². The Kier molecular flexibility index (Phi) is 7.47. The van der Waals surface area contributed by atoms with Gasteiger partial charge >= 0.3 is 0 Å². The molecule has 1 fully saturated rings. The minimum Gasteiger partial charge on any atom is -0.497 e. The molecule has 3 aromatic rings. The normalized spacial score (nSPS) is 15.7. The second kappa shape index (κ2) is 10.7. The second-order valence-corrected chi connectivity index (χ2v) is 8.55. The summed E-state index contributed by atoms with van der Waals surface area (Å²) in [5.41, 5.74) is 1.26. The fourth-order valence-corrected chi connectivity index (χ4v) is 4.29. The van der Waals surface area contributed by atoms with Crippen LogP contribution in [0.4, 0.5) is 0 Å². The molecule has 4 rings (SSSR count). The Bertz CT molecular complexity index is 1150. The molecule has 0 saturated carbocycles. The van der Waals surface area contributed by atoms with Gasteiger partial charge in [-0.05, 0) is 62.6 Å². The summed E-state index contributed by atoms with van der Waals surface area (Å²) in [6.07, 6.45) is 2.56. The number of likely N-dealkylation sites (N-methyl/N-ethyl adjacent to an activating group) is 1. The fraction of sp³-hybridized carbons (Fsp3) is 0.360. The summed E-state index contributed by atoms with van der Waals surface area (Å²) in [5, 5.41) is 4.68. The summed E-state index contributed by atoms with van der Waals surface area (Å²) in [4.78, 5) is 34.2. The van der Waals surface area contributed by atoms with Crippen molar-refractivity contribution in [2.24, 2.45) is 0 Å². The van der Waals surface area contributed by atoms with Gasteiger partial charge in [0.1, 0.15) is 18.3 Å². The third kappa shape index (κ3) is 5.22. The van der Waals surface area contributed by atoms with Crippen molar-refractivity contribution in [2.45, 2.75) is 32.2 Å². The van der Waals surface area contributed by atoms with E-state index >= 15 is 0 Å². The molecule has 8 nitrogen and oxygen atoms in total. The van der Waals surface area contributed by atoms with Crippen molar-refractivity contribution in [2.75, 3.05) is 26.7 Å². The molecule has 2 amide bonds. The Morgan fingerprint density at radius 1 is 1.21 bits per heavy atom. The topological polar surface area (TPSA) is 88.8 Å². The van der Waals surface area contributed by atoms with Gasteiger partial charge in [0.2, 0.25) is 17.6 Å². The van der Waals surface area contributed by atoms with Crippen LogP contribution in [0.2, 0.25) is 5.02 Å². The van der Waals surface area contributed by atoms with E-state index in [1.54, 1.807) is 53.3 Å². The van der Waals surface area contributed by atoms with Gasteiger partial charge in [-0.2, -0.15) is 4.98 Å². The van der Waals surface area contributed by atoms with Gasteiger partial charge in [0.25, 0.3) is 5.91 Å². The van der Waals surface area contributed by atoms with E-state index in [1.165, 1.54) is 0 Å². The molecule has 9 heteroatoms. The Balaban J connectivity index is 1.49. The molecule has 0 radical (unpaired) electrons. The Labute approximate surface area is 203 Å². The maximum absolute atomic E-state index is 13.3. The predicted molar refractivity (Wildman–Crippen MR) is 128 cm³/mol. The fourth-order valence-electron chi connectivity index (χ4n) is 4.10. The van der Waals surface area contributed by atoms with Gasteiger partial charge in [-0.3, -0.25) is 9.59 Å². The zero-order valence-corrected chi connectivity index (χ0v) is 20.0. The van der Waals surface area contributed by atoms with E-state index in [0.29, 0.717) is 41.1 Å². The van der Waals surface area contributed by atoms with E-state index in [4.69, 9.17) is 20.9 Å². The molecular formula is C25H27ClN4O4. The lowest BCUT2D eigenvalue weighted by Gasteiger charge is -2.35. The highest BCUT2D eigenvalue weighted by atomic mass is 35.5. The summed E-state index contributed by atoms with van der Waals surface area (Å²) in [6.45, 7) is 2.83. The number of amides is 2. The van der Waals surface area contributed by atoms with Crippen molar-refractivity contribution in [3.05, 3.63) is 65.0 Å². The lowest BCUT2D eigenvalue weighted by molar-refractivity contribution is -0.136. The van der Waals surface area contributed by atoms with E-state index in [9.17, 15) is 9.59 Å². The number of hydrogen-bond donors (Lipinski definition) is 0. The number of nitrogens with zero attached hydrogens (tertiary/aromatic N) is 4. The lowest BCUT2D eigenvalue weighted by atomic mass is 10.0. The molecule has 0 spiro atoms. The predicted octanol–water partition coefficient (Wildman–Crippen LogP) is 4.61. The van der Waals surface area contributed by atoms with Crippen molar-refractivity contribution in [1.29, 1.82) is 0 Å². The highest BCUT2D eigenvalue weighted by Gasteiger charge is 2.33. The number of aromatic nitrogens is 2. The number of rotatable bonds is 7. The first-order chi connectivity index (χ1) is 16.5. The van der Waals surface area contributed by atoms with Crippen molar-refractivity contribution < 1.29 is 18.8 Å². The van der Waals surface area contributed by atoms with Crippen LogP contribution in [0, 0.1) is 0 Å². The van der Waals surface area contributed by atoms with E-state index < -0.39 is 0 Å². The molecule has 0 bridgehead atoms. The zero-order valence-electron chi connectivity index (χ0n) is 19.2. The van der Waals surface area contributed by atoms with E-state index in [2.05, 4.69) is 10.1 Å². The van der Waals surface area contributed by atoms with Crippen LogP contribution < -0.4 is 4.74 Å². The first kappa shape index (κ1) is 23.8. The van der Waals surface area contributed by atoms with E-state index in [1.807, 2.05) is 19.1 Å². The third-order valence-corrected chi connectivity index (χ3v) is 6.20. The van der Waals surface area contributed by atoms with Crippen molar-refractivity contribution in [1.82, 2.24) is 19.9 Å². The number of ether oxygens (including phenoxy) is 1. The molecule has 0 aliphatic carbocycles. The molecule has 1 atom stereocenters. The largest absolute Gasteiger partial charge is 0.497 e. The molecule has 2 aromatic carbocycles. The van der Waals surface area contributed by atoms with E-state index in [0.717, 1.165) is 24.8 Å². The van der Waals surface area contributed by atoms with Crippen LogP contribution in [0.3, 0.4) is 0 Å². The number of likely N-dealkylation sites (tertiary alicyclic amines) is 1. The van der Waals surface area contributed by atoms with Crippen LogP contribution in [-0.4, -0.2) is 58.5 Å². The number of methoxy groups -OCH3 is 1. The minimum absolute atomic E-state index is 0.0207. The number of carbonyl (C=O) groups is 2. The quantitative estimate of drug-likeness (QED) is 0.488. The first-order valence-corrected chi connectivity index (χ1v) is 11.7. The highest BCUT2D eigenvalue weighted by molar-refractivity contribution is 6.30. The molecule has 2 heterocycles. The van der Waals surface area contributed by atoms with Gasteiger partial charge in [0.15, 0.2) is 0 Å². The average molecular weight is 483 g/mol. The molecule has 1 aliphatic heterocycles. The summed E-state index contributed by atoms with van der Waals surface area (Å²) in [6, 6.07) is 13.8. The molecule has 1 unspecified atom stereocenters. The summed E-state index contributed by atoms with van der Waals surface area (Å²) >= 11 is 6.08. The monoisotopic (exact) mass is 482 g/mol. The van der Waals surface area contributed by atoms with Crippen LogP contribution in [-0.2, 0) is 4.79 Å². The number of benzene rings is 2. The van der Waals surface area contributed by atoms with Gasteiger partial charge < -0.3 is 19.1 Å². The molecule has 1 aromatic heterocycles. The van der Waals surface area contributed by atoms with Gasteiger partial charge in [0, 0.05) is 29.2 Å². The van der Waals surface area contributed by atoms with Gasteiger partial charge in [-0.1, -0.05) is 28.9 Å². The van der Waals surface area contributed by atoms with Gasteiger partial charge in [-0.15, -0.1) is 0 Å². The van der Waals surface area contributed by atoms with Crippen molar-refractivity contribution in [3.8, 4) is 17.1 Å². The van der Waals surface area contributed by atoms with Crippen molar-refractivity contribution >= 4 is 23.4 Å². The summed E-state index contributed by atoms with van der Waals surface area (Å²) < 4.78 is 10.7. The Morgan fingerprint density at radius 3 is 2.71 bits per heavy atom. The Morgan fingerprint density at radius 2 is 2.00 bits per heavy atom. The third-order valence-electron chi connectivity index (χ3n) is 5.96. The molecular weight excluding hydrogens is 456 g/mol. The molecule has 1 saturated heterocycles. The van der Waals surface area contributed by atoms with Gasteiger partial charge in [0.05, 0.1) is 7.11 Å². The summed E-state index contributed by atoms with van der Waals surface area (Å²) in [7, 11) is 1.57. The molecule has 1 aliphatic rings. The maximum Gasteiger partial charge on any atom is 0.254 e. The molecule has 0 N–H and O–H groups in total. The minimum atomic E-state index is -0.323. The van der Waals surface area contributed by atoms with Crippen LogP contribution in [0.5, 0.6) is 5.75 Å². The van der Waals surface area contributed by atoms with Crippen LogP contribution >= 0.6 is 11.6 Å². The number of halogens is 1. The number of piperidine rings is 1. The smallest absolute Gasteiger partial charge is 0.254 e. The summed E-state index contributed by atoms with van der Waals surface area (Å²) in [5.74, 6) is 1.15. The first-order valence-electron chi connectivity index (χ1n) is 11.3. The molecule has 178 valence electrons. The standard InChI is InChI=1S/C25H27ClN4O4/c1-3-29(25(32)17-10-12-20(33-2)13-11-17)16-22(31)30-14-5-4-9-21(30)24-27-23(28-34-24)18-7-6-8-19(26)15-18/h6-8,10-13,15,21H,3-5,9,14,16H2,1-2H3. The van der Waals surface area contributed by atoms with Gasteiger partial charge in [-0.25, -0.2) is 0 Å². The number of carbonyl (C=O) groups excluding carboxylic acids is 2. The highest BCUT2D eigenvalue weighted by Crippen LogP contribution is 2.31.